The molecule has 2 aliphatic heterocycles. The van der Waals surface area contributed by atoms with Gasteiger partial charge in [0.1, 0.15) is 0 Å². The fourth-order valence-corrected chi connectivity index (χ4v) is 5.90. The van der Waals surface area contributed by atoms with Crippen molar-refractivity contribution in [3.63, 3.8) is 0 Å². The zero-order chi connectivity index (χ0) is 19.7. The molecule has 2 saturated heterocycles. The Morgan fingerprint density at radius 2 is 2.17 bits per heavy atom. The van der Waals surface area contributed by atoms with Crippen molar-refractivity contribution >= 4 is 28.6 Å². The first-order valence-corrected chi connectivity index (χ1v) is 11.7. The number of hydrogen-bond acceptors (Lipinski definition) is 6. The van der Waals surface area contributed by atoms with Crippen LogP contribution in [0.5, 0.6) is 0 Å². The molecule has 0 aromatic carbocycles. The van der Waals surface area contributed by atoms with Gasteiger partial charge < -0.3 is 9.64 Å². The Balaban J connectivity index is 1.45. The van der Waals surface area contributed by atoms with Crippen LogP contribution in [0.15, 0.2) is 58.9 Å². The molecule has 3 aromatic rings. The van der Waals surface area contributed by atoms with Crippen molar-refractivity contribution in [1.82, 2.24) is 14.8 Å². The summed E-state index contributed by atoms with van der Waals surface area (Å²) in [6, 6.07) is 10.3. The monoisotopic (exact) mass is 425 g/mol. The second kappa shape index (κ2) is 7.99. The summed E-state index contributed by atoms with van der Waals surface area (Å²) in [7, 11) is 0. The normalized spacial score (nSPS) is 25.2. The van der Waals surface area contributed by atoms with E-state index in [1.165, 1.54) is 10.4 Å². The van der Waals surface area contributed by atoms with Gasteiger partial charge in [-0.3, -0.25) is 14.7 Å². The summed E-state index contributed by atoms with van der Waals surface area (Å²) in [6.45, 7) is 4.11. The van der Waals surface area contributed by atoms with E-state index in [9.17, 15) is 4.79 Å². The fourth-order valence-electron chi connectivity index (χ4n) is 4.50. The minimum absolute atomic E-state index is 0.0195. The minimum Gasteiger partial charge on any atom is -0.361 e. The van der Waals surface area contributed by atoms with E-state index in [1.54, 1.807) is 28.9 Å². The molecule has 3 aromatic heterocycles. The molecule has 0 unspecified atom stereocenters. The summed E-state index contributed by atoms with van der Waals surface area (Å²) in [6.07, 6.45) is 3.66. The van der Waals surface area contributed by atoms with E-state index in [0.29, 0.717) is 26.2 Å². The number of aromatic nitrogens is 1. The summed E-state index contributed by atoms with van der Waals surface area (Å²) in [5.41, 5.74) is 1.42. The lowest BCUT2D eigenvalue weighted by molar-refractivity contribution is -0.173. The summed E-state index contributed by atoms with van der Waals surface area (Å²) < 4.78 is 6.35. The summed E-state index contributed by atoms with van der Waals surface area (Å²) >= 11 is 3.43. The van der Waals surface area contributed by atoms with Crippen LogP contribution in [0, 0.1) is 0 Å². The van der Waals surface area contributed by atoms with E-state index >= 15 is 0 Å². The topological polar surface area (TPSA) is 45.7 Å². The Kier molecular flexibility index (Phi) is 5.22. The Morgan fingerprint density at radius 3 is 2.93 bits per heavy atom. The summed E-state index contributed by atoms with van der Waals surface area (Å²) in [5, 5.41) is 6.28. The highest BCUT2D eigenvalue weighted by Gasteiger charge is 2.57. The Labute approximate surface area is 178 Å². The number of morpholine rings is 1. The molecule has 0 bridgehead atoms. The summed E-state index contributed by atoms with van der Waals surface area (Å²) in [5.74, 6) is 0.0893. The van der Waals surface area contributed by atoms with E-state index in [4.69, 9.17) is 4.74 Å². The predicted octanol–water partition coefficient (Wildman–Crippen LogP) is 3.60. The molecule has 1 amide bonds. The molecule has 5 rings (SSSR count). The molecule has 7 heteroatoms. The number of carbonyl (C=O) groups excluding carboxylic acids is 1. The Hall–Kier alpha value is -2.06. The molecule has 0 saturated carbocycles. The highest BCUT2D eigenvalue weighted by molar-refractivity contribution is 7.09. The van der Waals surface area contributed by atoms with Gasteiger partial charge in [0.2, 0.25) is 0 Å². The van der Waals surface area contributed by atoms with Crippen molar-refractivity contribution in [1.29, 1.82) is 0 Å². The van der Waals surface area contributed by atoms with Gasteiger partial charge in [0.15, 0.2) is 5.60 Å². The molecule has 150 valence electrons. The second-order valence-corrected chi connectivity index (χ2v) is 9.50. The smallest absolute Gasteiger partial charge is 0.257 e. The van der Waals surface area contributed by atoms with Crippen LogP contribution in [0.1, 0.15) is 21.9 Å². The van der Waals surface area contributed by atoms with Crippen molar-refractivity contribution in [2.45, 2.75) is 24.6 Å². The number of amides is 1. The van der Waals surface area contributed by atoms with Crippen LogP contribution in [0.25, 0.3) is 0 Å². The second-order valence-electron chi connectivity index (χ2n) is 7.68. The molecule has 2 atom stereocenters. The number of ether oxygens (including phenoxy) is 1. The first-order chi connectivity index (χ1) is 14.2. The largest absolute Gasteiger partial charge is 0.361 e. The quantitative estimate of drug-likeness (QED) is 0.627. The van der Waals surface area contributed by atoms with Gasteiger partial charge >= 0.3 is 0 Å². The zero-order valence-electron chi connectivity index (χ0n) is 16.1. The van der Waals surface area contributed by atoms with Crippen molar-refractivity contribution in [3.05, 3.63) is 74.9 Å². The molecule has 0 N–H and O–H groups in total. The van der Waals surface area contributed by atoms with Crippen LogP contribution in [-0.4, -0.2) is 52.5 Å². The molecule has 0 radical (unpaired) electrons. The molecule has 2 fully saturated rings. The number of rotatable bonds is 5. The van der Waals surface area contributed by atoms with Crippen LogP contribution in [0.3, 0.4) is 0 Å². The standard InChI is InChI=1S/C22H23N3O2S2/c26-21-22(27-8-7-25(21)12-17-5-10-28-15-17)16-24(13-19-4-2-9-29-19)14-20(22)18-3-1-6-23-11-18/h1-6,9-11,15,20H,7-8,12-14,16H2/t20-,22+/m0/s1. The van der Waals surface area contributed by atoms with Crippen LogP contribution in [0.2, 0.25) is 0 Å². The van der Waals surface area contributed by atoms with E-state index in [2.05, 4.69) is 50.3 Å². The van der Waals surface area contributed by atoms with E-state index in [0.717, 1.165) is 18.7 Å². The number of hydrogen-bond donors (Lipinski definition) is 0. The van der Waals surface area contributed by atoms with Gasteiger partial charge in [-0.15, -0.1) is 11.3 Å². The molecular formula is C22H23N3O2S2. The number of thiophene rings is 2. The first-order valence-electron chi connectivity index (χ1n) is 9.84. The maximum atomic E-state index is 13.8. The average Bonchev–Trinajstić information content (AvgIpc) is 3.49. The van der Waals surface area contributed by atoms with E-state index < -0.39 is 5.60 Å². The van der Waals surface area contributed by atoms with Gasteiger partial charge in [-0.05, 0) is 45.5 Å². The molecule has 29 heavy (non-hydrogen) atoms. The molecule has 2 aliphatic rings. The number of carbonyl (C=O) groups is 1. The molecule has 5 heterocycles. The van der Waals surface area contributed by atoms with Crippen LogP contribution in [-0.2, 0) is 22.6 Å². The van der Waals surface area contributed by atoms with Gasteiger partial charge in [0, 0.05) is 55.9 Å². The Morgan fingerprint density at radius 1 is 1.21 bits per heavy atom. The number of nitrogens with zero attached hydrogens (tertiary/aromatic N) is 3. The maximum absolute atomic E-state index is 13.8. The lowest BCUT2D eigenvalue weighted by Gasteiger charge is -2.42. The molecule has 0 aliphatic carbocycles. The maximum Gasteiger partial charge on any atom is 0.257 e. The van der Waals surface area contributed by atoms with E-state index in [1.807, 2.05) is 17.2 Å². The van der Waals surface area contributed by atoms with Crippen LogP contribution >= 0.6 is 22.7 Å². The molecule has 5 nitrogen and oxygen atoms in total. The van der Waals surface area contributed by atoms with Crippen molar-refractivity contribution in [3.8, 4) is 0 Å². The fraction of sp³-hybridized carbons (Fsp3) is 0.364. The number of likely N-dealkylation sites (tertiary alicyclic amines) is 1. The highest BCUT2D eigenvalue weighted by Crippen LogP contribution is 2.42. The third kappa shape index (κ3) is 3.64. The van der Waals surface area contributed by atoms with Crippen molar-refractivity contribution in [2.75, 3.05) is 26.2 Å². The van der Waals surface area contributed by atoms with Gasteiger partial charge in [0.25, 0.3) is 5.91 Å². The molecular weight excluding hydrogens is 402 g/mol. The third-order valence-corrected chi connectivity index (χ3v) is 7.43. The van der Waals surface area contributed by atoms with Gasteiger partial charge in [-0.25, -0.2) is 0 Å². The van der Waals surface area contributed by atoms with Crippen molar-refractivity contribution < 1.29 is 9.53 Å². The van der Waals surface area contributed by atoms with Gasteiger partial charge in [-0.2, -0.15) is 11.3 Å². The lowest BCUT2D eigenvalue weighted by Crippen LogP contribution is -2.59. The Bertz CT molecular complexity index is 946. The molecule has 1 spiro atoms. The predicted molar refractivity (Wildman–Crippen MR) is 115 cm³/mol. The minimum atomic E-state index is -0.839. The van der Waals surface area contributed by atoms with Crippen LogP contribution < -0.4 is 0 Å². The first kappa shape index (κ1) is 18.9. The number of pyridine rings is 1. The summed E-state index contributed by atoms with van der Waals surface area (Å²) in [4.78, 5) is 23.7. The SMILES string of the molecule is O=C1N(Cc2ccsc2)CCO[C@@]12CN(Cc1cccs1)C[C@H]2c1cccnc1. The zero-order valence-corrected chi connectivity index (χ0v) is 17.7. The van der Waals surface area contributed by atoms with Gasteiger partial charge in [-0.1, -0.05) is 12.1 Å². The third-order valence-electron chi connectivity index (χ3n) is 5.83. The highest BCUT2D eigenvalue weighted by atomic mass is 32.1. The van der Waals surface area contributed by atoms with E-state index in [-0.39, 0.29) is 11.8 Å². The van der Waals surface area contributed by atoms with Crippen molar-refractivity contribution in [2.24, 2.45) is 0 Å². The average molecular weight is 426 g/mol. The van der Waals surface area contributed by atoms with Crippen LogP contribution in [0.4, 0.5) is 0 Å². The van der Waals surface area contributed by atoms with Gasteiger partial charge in [0.05, 0.1) is 6.61 Å². The lowest BCUT2D eigenvalue weighted by atomic mass is 9.83.